The van der Waals surface area contributed by atoms with Gasteiger partial charge in [-0.2, -0.15) is 0 Å². The van der Waals surface area contributed by atoms with Gasteiger partial charge in [-0.1, -0.05) is 0 Å². The van der Waals surface area contributed by atoms with E-state index < -0.39 is 11.9 Å². The number of amides is 1. The number of benzene rings is 1. The number of likely N-dealkylation sites (tertiary alicyclic amines) is 1. The van der Waals surface area contributed by atoms with Crippen molar-refractivity contribution in [3.05, 3.63) is 30.6 Å². The zero-order valence-corrected chi connectivity index (χ0v) is 19.7. The monoisotopic (exact) mass is 477 g/mol. The van der Waals surface area contributed by atoms with Gasteiger partial charge in [0.1, 0.15) is 23.6 Å². The van der Waals surface area contributed by atoms with Gasteiger partial charge in [-0.15, -0.1) is 8.78 Å². The molecule has 1 fully saturated rings. The van der Waals surface area contributed by atoms with Crippen molar-refractivity contribution in [1.29, 1.82) is 0 Å². The zero-order valence-electron chi connectivity index (χ0n) is 19.7. The Morgan fingerprint density at radius 1 is 1.21 bits per heavy atom. The second kappa shape index (κ2) is 9.11. The SMILES string of the molecule is CN(CC1CCN(C(=O)OC(C)(C)C)CC1)c1cc(Nc2ccc3c(c2)OC(F)(F)O3)ncn1. The molecule has 1 aromatic carbocycles. The summed E-state index contributed by atoms with van der Waals surface area (Å²) in [4.78, 5) is 24.6. The Morgan fingerprint density at radius 2 is 1.91 bits per heavy atom. The largest absolute Gasteiger partial charge is 0.586 e. The number of carbonyl (C=O) groups is 1. The number of piperidine rings is 1. The summed E-state index contributed by atoms with van der Waals surface area (Å²) in [5.74, 6) is 1.59. The molecule has 0 unspecified atom stereocenters. The van der Waals surface area contributed by atoms with Crippen LogP contribution in [0.15, 0.2) is 30.6 Å². The molecule has 1 aromatic heterocycles. The molecule has 1 amide bonds. The van der Waals surface area contributed by atoms with Crippen LogP contribution in [0.25, 0.3) is 0 Å². The highest BCUT2D eigenvalue weighted by atomic mass is 19.3. The molecule has 2 aliphatic heterocycles. The van der Waals surface area contributed by atoms with Crippen LogP contribution in [-0.4, -0.2) is 59.5 Å². The van der Waals surface area contributed by atoms with Crippen LogP contribution in [0.3, 0.4) is 0 Å². The lowest BCUT2D eigenvalue weighted by molar-refractivity contribution is -0.286. The molecule has 1 N–H and O–H groups in total. The van der Waals surface area contributed by atoms with Crippen molar-refractivity contribution in [2.75, 3.05) is 36.9 Å². The molecule has 2 aromatic rings. The molecule has 184 valence electrons. The van der Waals surface area contributed by atoms with E-state index in [-0.39, 0.29) is 17.6 Å². The first-order chi connectivity index (χ1) is 16.0. The van der Waals surface area contributed by atoms with Crippen LogP contribution in [0, 0.1) is 5.92 Å². The summed E-state index contributed by atoms with van der Waals surface area (Å²) in [6.07, 6.45) is -0.726. The quantitative estimate of drug-likeness (QED) is 0.667. The fraction of sp³-hybridized carbons (Fsp3) is 0.522. The third kappa shape index (κ3) is 5.95. The van der Waals surface area contributed by atoms with Crippen LogP contribution in [0.1, 0.15) is 33.6 Å². The second-order valence-corrected chi connectivity index (χ2v) is 9.51. The number of nitrogens with one attached hydrogen (secondary N) is 1. The highest BCUT2D eigenvalue weighted by Crippen LogP contribution is 2.42. The van der Waals surface area contributed by atoms with Gasteiger partial charge in [-0.3, -0.25) is 0 Å². The number of hydrogen-bond acceptors (Lipinski definition) is 8. The van der Waals surface area contributed by atoms with Crippen LogP contribution in [0.2, 0.25) is 0 Å². The smallest absolute Gasteiger partial charge is 0.444 e. The first-order valence-corrected chi connectivity index (χ1v) is 11.2. The lowest BCUT2D eigenvalue weighted by Gasteiger charge is -2.35. The Hall–Kier alpha value is -3.37. The van der Waals surface area contributed by atoms with E-state index in [9.17, 15) is 13.6 Å². The average Bonchev–Trinajstić information content (AvgIpc) is 3.06. The Balaban J connectivity index is 1.32. The molecule has 34 heavy (non-hydrogen) atoms. The number of nitrogens with zero attached hydrogens (tertiary/aromatic N) is 4. The molecule has 0 bridgehead atoms. The molecular weight excluding hydrogens is 448 g/mol. The van der Waals surface area contributed by atoms with Crippen molar-refractivity contribution in [2.24, 2.45) is 5.92 Å². The van der Waals surface area contributed by atoms with Gasteiger partial charge in [0.15, 0.2) is 11.5 Å². The minimum absolute atomic E-state index is 0.0172. The molecule has 11 heteroatoms. The summed E-state index contributed by atoms with van der Waals surface area (Å²) in [6.45, 7) is 7.69. The standard InChI is InChI=1S/C23H29F2N5O4/c1-22(2,3)34-21(31)30-9-7-15(8-10-30)13-29(4)20-12-19(26-14-27-20)28-16-5-6-17-18(11-16)33-23(24,25)32-17/h5-6,11-12,14-15H,7-10,13H2,1-4H3,(H,26,27,28). The van der Waals surface area contributed by atoms with Crippen LogP contribution < -0.4 is 19.7 Å². The summed E-state index contributed by atoms with van der Waals surface area (Å²) in [6, 6.07) is 6.24. The zero-order chi connectivity index (χ0) is 24.5. The Labute approximate surface area is 197 Å². The highest BCUT2D eigenvalue weighted by Gasteiger charge is 2.43. The number of rotatable bonds is 5. The third-order valence-electron chi connectivity index (χ3n) is 5.52. The topological polar surface area (TPSA) is 89.1 Å². The number of fused-ring (bicyclic) bond motifs is 1. The molecule has 0 aliphatic carbocycles. The molecule has 1 saturated heterocycles. The molecule has 3 heterocycles. The molecule has 0 saturated carbocycles. The van der Waals surface area contributed by atoms with E-state index in [1.165, 1.54) is 18.5 Å². The van der Waals surface area contributed by atoms with E-state index in [4.69, 9.17) is 4.74 Å². The van der Waals surface area contributed by atoms with E-state index in [0.717, 1.165) is 25.2 Å². The van der Waals surface area contributed by atoms with Gasteiger partial charge in [-0.05, 0) is 51.7 Å². The molecule has 2 aliphatic rings. The maximum Gasteiger partial charge on any atom is 0.586 e. The fourth-order valence-electron chi connectivity index (χ4n) is 3.90. The van der Waals surface area contributed by atoms with Crippen molar-refractivity contribution in [3.8, 4) is 11.5 Å². The number of anilines is 3. The third-order valence-corrected chi connectivity index (χ3v) is 5.52. The van der Waals surface area contributed by atoms with Gasteiger partial charge in [0.25, 0.3) is 0 Å². The van der Waals surface area contributed by atoms with Crippen molar-refractivity contribution in [1.82, 2.24) is 14.9 Å². The molecule has 4 rings (SSSR count). The first kappa shape index (κ1) is 23.8. The maximum atomic E-state index is 13.2. The number of alkyl halides is 2. The summed E-state index contributed by atoms with van der Waals surface area (Å²) < 4.78 is 40.9. The number of carbonyl (C=O) groups excluding carboxylic acids is 1. The first-order valence-electron chi connectivity index (χ1n) is 11.2. The summed E-state index contributed by atoms with van der Waals surface area (Å²) in [5.41, 5.74) is 0.0281. The minimum atomic E-state index is -3.66. The Kier molecular flexibility index (Phi) is 6.37. The normalized spacial score (nSPS) is 17.4. The summed E-state index contributed by atoms with van der Waals surface area (Å²) in [7, 11) is 1.95. The second-order valence-electron chi connectivity index (χ2n) is 9.51. The average molecular weight is 478 g/mol. The van der Waals surface area contributed by atoms with Crippen molar-refractivity contribution in [3.63, 3.8) is 0 Å². The molecule has 0 radical (unpaired) electrons. The minimum Gasteiger partial charge on any atom is -0.444 e. The van der Waals surface area contributed by atoms with Gasteiger partial charge in [0.2, 0.25) is 0 Å². The van der Waals surface area contributed by atoms with Crippen LogP contribution in [0.5, 0.6) is 11.5 Å². The molecular formula is C23H29F2N5O4. The Bertz CT molecular complexity index is 1040. The molecule has 9 nitrogen and oxygen atoms in total. The number of aromatic nitrogens is 2. The van der Waals surface area contributed by atoms with Gasteiger partial charge in [-0.25, -0.2) is 14.8 Å². The fourth-order valence-corrected chi connectivity index (χ4v) is 3.90. The van der Waals surface area contributed by atoms with E-state index >= 15 is 0 Å². The predicted octanol–water partition coefficient (Wildman–Crippen LogP) is 4.63. The lowest BCUT2D eigenvalue weighted by atomic mass is 9.96. The van der Waals surface area contributed by atoms with Crippen LogP contribution in [0.4, 0.5) is 30.9 Å². The van der Waals surface area contributed by atoms with Gasteiger partial charge in [0.05, 0.1) is 0 Å². The maximum absolute atomic E-state index is 13.2. The van der Waals surface area contributed by atoms with Gasteiger partial charge < -0.3 is 29.3 Å². The van der Waals surface area contributed by atoms with E-state index in [1.54, 1.807) is 17.0 Å². The van der Waals surface area contributed by atoms with E-state index in [1.807, 2.05) is 32.7 Å². The van der Waals surface area contributed by atoms with E-state index in [0.29, 0.717) is 30.5 Å². The number of halogens is 2. The van der Waals surface area contributed by atoms with Gasteiger partial charge >= 0.3 is 12.4 Å². The number of ether oxygens (including phenoxy) is 3. The summed E-state index contributed by atoms with van der Waals surface area (Å²) >= 11 is 0. The molecule has 0 spiro atoms. The Morgan fingerprint density at radius 3 is 2.62 bits per heavy atom. The van der Waals surface area contributed by atoms with Crippen LogP contribution >= 0.6 is 0 Å². The lowest BCUT2D eigenvalue weighted by Crippen LogP contribution is -2.43. The van der Waals surface area contributed by atoms with Crippen molar-refractivity contribution < 1.29 is 27.8 Å². The number of hydrogen-bond donors (Lipinski definition) is 1. The summed E-state index contributed by atoms with van der Waals surface area (Å²) in [5, 5.41) is 3.08. The van der Waals surface area contributed by atoms with Crippen molar-refractivity contribution in [2.45, 2.75) is 45.5 Å². The van der Waals surface area contributed by atoms with Crippen LogP contribution in [-0.2, 0) is 4.74 Å². The van der Waals surface area contributed by atoms with E-state index in [2.05, 4.69) is 24.8 Å². The molecule has 0 atom stereocenters. The highest BCUT2D eigenvalue weighted by molar-refractivity contribution is 5.68. The van der Waals surface area contributed by atoms with Gasteiger partial charge in [0, 0.05) is 44.5 Å². The predicted molar refractivity (Wildman–Crippen MR) is 122 cm³/mol. The van der Waals surface area contributed by atoms with Crippen molar-refractivity contribution >= 4 is 23.4 Å².